The van der Waals surface area contributed by atoms with Gasteiger partial charge >= 0.3 is 12.0 Å². The fourth-order valence-corrected chi connectivity index (χ4v) is 2.54. The molecule has 0 saturated carbocycles. The van der Waals surface area contributed by atoms with E-state index in [0.717, 1.165) is 10.9 Å². The highest BCUT2D eigenvalue weighted by atomic mass is 16.5. The molecular weight excluding hydrogens is 270 g/mol. The number of aryl methyl sites for hydroxylation is 1. The number of hydrogen-bond donors (Lipinski definition) is 2. The van der Waals surface area contributed by atoms with Crippen LogP contribution in [0.4, 0.5) is 10.5 Å². The Kier molecular flexibility index (Phi) is 3.08. The first kappa shape index (κ1) is 13.5. The maximum Gasteiger partial charge on any atom is 0.331 e. The lowest BCUT2D eigenvalue weighted by Crippen LogP contribution is -2.51. The normalized spacial score (nSPS) is 21.3. The molecule has 1 aliphatic heterocycles. The molecule has 6 nitrogen and oxygen atoms in total. The summed E-state index contributed by atoms with van der Waals surface area (Å²) in [5.74, 6) is -0.393. The third-order valence-corrected chi connectivity index (χ3v) is 3.85. The molecule has 0 aliphatic carbocycles. The zero-order chi connectivity index (χ0) is 15.0. The zero-order valence-corrected chi connectivity index (χ0v) is 12.0. The van der Waals surface area contributed by atoms with Gasteiger partial charge < -0.3 is 19.9 Å². The van der Waals surface area contributed by atoms with Crippen LogP contribution in [0.25, 0.3) is 10.9 Å². The monoisotopic (exact) mass is 287 g/mol. The number of nitrogens with zero attached hydrogens (tertiary/aromatic N) is 1. The van der Waals surface area contributed by atoms with Crippen LogP contribution in [-0.4, -0.2) is 28.7 Å². The number of rotatable bonds is 2. The topological polar surface area (TPSA) is 72.4 Å². The molecule has 1 aromatic heterocycles. The van der Waals surface area contributed by atoms with E-state index in [9.17, 15) is 9.59 Å². The molecule has 1 saturated heterocycles. The molecule has 1 aromatic carbocycles. The fraction of sp³-hybridized carbons (Fsp3) is 0.333. The van der Waals surface area contributed by atoms with Crippen molar-refractivity contribution in [3.05, 3.63) is 30.5 Å². The average Bonchev–Trinajstić information content (AvgIpc) is 2.95. The molecular formula is C15H17N3O3. The molecule has 1 aliphatic rings. The van der Waals surface area contributed by atoms with Crippen molar-refractivity contribution in [1.82, 2.24) is 9.88 Å². The summed E-state index contributed by atoms with van der Waals surface area (Å²) in [6.45, 7) is 2.01. The van der Waals surface area contributed by atoms with Crippen molar-refractivity contribution in [1.29, 1.82) is 0 Å². The van der Waals surface area contributed by atoms with Gasteiger partial charge in [0.05, 0.1) is 12.3 Å². The van der Waals surface area contributed by atoms with E-state index < -0.39 is 17.5 Å². The molecule has 1 unspecified atom stereocenters. The van der Waals surface area contributed by atoms with Crippen molar-refractivity contribution in [2.45, 2.75) is 18.9 Å². The average molecular weight is 287 g/mol. The van der Waals surface area contributed by atoms with Gasteiger partial charge in [-0.25, -0.2) is 9.59 Å². The van der Waals surface area contributed by atoms with E-state index in [-0.39, 0.29) is 0 Å². The number of cyclic esters (lactones) is 1. The molecule has 1 atom stereocenters. The lowest BCUT2D eigenvalue weighted by molar-refractivity contribution is -0.142. The van der Waals surface area contributed by atoms with Gasteiger partial charge in [-0.15, -0.1) is 0 Å². The highest BCUT2D eigenvalue weighted by Gasteiger charge is 2.41. The SMILES string of the molecule is Cn1ccc2c(NC(=O)NC3(C)CCOC3=O)cccc21. The lowest BCUT2D eigenvalue weighted by atomic mass is 10.0. The third kappa shape index (κ3) is 2.33. The molecule has 2 N–H and O–H groups in total. The first-order valence-corrected chi connectivity index (χ1v) is 6.80. The Morgan fingerprint density at radius 1 is 1.38 bits per heavy atom. The minimum atomic E-state index is -0.950. The van der Waals surface area contributed by atoms with Crippen molar-refractivity contribution in [3.8, 4) is 0 Å². The van der Waals surface area contributed by atoms with Gasteiger partial charge in [0.1, 0.15) is 5.54 Å². The summed E-state index contributed by atoms with van der Waals surface area (Å²) < 4.78 is 6.89. The number of ether oxygens (including phenoxy) is 1. The summed E-state index contributed by atoms with van der Waals surface area (Å²) in [6, 6.07) is 7.22. The molecule has 3 rings (SSSR count). The Balaban J connectivity index is 1.79. The van der Waals surface area contributed by atoms with Crippen molar-refractivity contribution in [2.24, 2.45) is 7.05 Å². The Bertz CT molecular complexity index is 722. The summed E-state index contributed by atoms with van der Waals surface area (Å²) in [7, 11) is 1.95. The Morgan fingerprint density at radius 3 is 2.90 bits per heavy atom. The number of nitrogens with one attached hydrogen (secondary N) is 2. The van der Waals surface area contributed by atoms with E-state index in [4.69, 9.17) is 4.74 Å². The highest BCUT2D eigenvalue weighted by Crippen LogP contribution is 2.24. The third-order valence-electron chi connectivity index (χ3n) is 3.85. The van der Waals surface area contributed by atoms with Crippen LogP contribution >= 0.6 is 0 Å². The van der Waals surface area contributed by atoms with Crippen LogP contribution in [0.1, 0.15) is 13.3 Å². The lowest BCUT2D eigenvalue weighted by Gasteiger charge is -2.21. The number of anilines is 1. The van der Waals surface area contributed by atoms with Gasteiger partial charge in [0, 0.05) is 30.6 Å². The number of carbonyl (C=O) groups excluding carboxylic acids is 2. The highest BCUT2D eigenvalue weighted by molar-refractivity contribution is 6.02. The Hall–Kier alpha value is -2.50. The summed E-state index contributed by atoms with van der Waals surface area (Å²) in [5, 5.41) is 6.45. The van der Waals surface area contributed by atoms with E-state index in [1.165, 1.54) is 0 Å². The number of benzene rings is 1. The second-order valence-electron chi connectivity index (χ2n) is 5.46. The molecule has 21 heavy (non-hydrogen) atoms. The number of urea groups is 1. The van der Waals surface area contributed by atoms with Crippen LogP contribution in [0.2, 0.25) is 0 Å². The number of hydrogen-bond acceptors (Lipinski definition) is 3. The molecule has 0 bridgehead atoms. The smallest absolute Gasteiger partial charge is 0.331 e. The number of aromatic nitrogens is 1. The maximum absolute atomic E-state index is 12.1. The van der Waals surface area contributed by atoms with Crippen LogP contribution in [0.15, 0.2) is 30.5 Å². The van der Waals surface area contributed by atoms with Gasteiger partial charge in [-0.2, -0.15) is 0 Å². The van der Waals surface area contributed by atoms with Crippen LogP contribution in [0.3, 0.4) is 0 Å². The molecule has 6 heteroatoms. The van der Waals surface area contributed by atoms with Gasteiger partial charge in [-0.1, -0.05) is 6.07 Å². The number of carbonyl (C=O) groups is 2. The van der Waals surface area contributed by atoms with Crippen molar-refractivity contribution >= 4 is 28.6 Å². The maximum atomic E-state index is 12.1. The molecule has 1 fully saturated rings. The largest absolute Gasteiger partial charge is 0.464 e. The van der Waals surface area contributed by atoms with Crippen molar-refractivity contribution in [3.63, 3.8) is 0 Å². The first-order chi connectivity index (χ1) is 9.99. The van der Waals surface area contributed by atoms with E-state index in [1.807, 2.05) is 42.1 Å². The predicted octanol–water partition coefficient (Wildman–Crippen LogP) is 2.01. The first-order valence-electron chi connectivity index (χ1n) is 6.80. The van der Waals surface area contributed by atoms with Crippen molar-refractivity contribution in [2.75, 3.05) is 11.9 Å². The van der Waals surface area contributed by atoms with Gasteiger partial charge in [0.2, 0.25) is 0 Å². The summed E-state index contributed by atoms with van der Waals surface area (Å²) in [4.78, 5) is 23.8. The van der Waals surface area contributed by atoms with Gasteiger partial charge in [0.25, 0.3) is 0 Å². The van der Waals surface area contributed by atoms with E-state index >= 15 is 0 Å². The van der Waals surface area contributed by atoms with Crippen LogP contribution in [0.5, 0.6) is 0 Å². The minimum absolute atomic E-state index is 0.337. The fourth-order valence-electron chi connectivity index (χ4n) is 2.54. The second kappa shape index (κ2) is 4.80. The summed E-state index contributed by atoms with van der Waals surface area (Å²) >= 11 is 0. The van der Waals surface area contributed by atoms with E-state index in [1.54, 1.807) is 6.92 Å². The van der Waals surface area contributed by atoms with Crippen LogP contribution < -0.4 is 10.6 Å². The molecule has 0 radical (unpaired) electrons. The number of amides is 2. The number of fused-ring (bicyclic) bond motifs is 1. The number of esters is 1. The van der Waals surface area contributed by atoms with Gasteiger partial charge in [0.15, 0.2) is 0 Å². The summed E-state index contributed by atoms with van der Waals surface area (Å²) in [6.07, 6.45) is 2.41. The molecule has 110 valence electrons. The molecule has 2 amide bonds. The Labute approximate surface area is 122 Å². The minimum Gasteiger partial charge on any atom is -0.464 e. The van der Waals surface area contributed by atoms with Gasteiger partial charge in [-0.05, 0) is 25.1 Å². The molecule has 2 aromatic rings. The predicted molar refractivity (Wildman–Crippen MR) is 79.1 cm³/mol. The summed E-state index contributed by atoms with van der Waals surface area (Å²) in [5.41, 5.74) is 0.786. The van der Waals surface area contributed by atoms with Crippen molar-refractivity contribution < 1.29 is 14.3 Å². The van der Waals surface area contributed by atoms with E-state index in [2.05, 4.69) is 10.6 Å². The Morgan fingerprint density at radius 2 is 2.19 bits per heavy atom. The standard InChI is InChI=1S/C15H17N3O3/c1-15(7-9-21-13(15)19)17-14(20)16-11-4-3-5-12-10(11)6-8-18(12)2/h3-6,8H,7,9H2,1-2H3,(H2,16,17,20). The van der Waals surface area contributed by atoms with E-state index in [0.29, 0.717) is 18.7 Å². The van der Waals surface area contributed by atoms with Gasteiger partial charge in [-0.3, -0.25) is 0 Å². The van der Waals surface area contributed by atoms with Crippen LogP contribution in [0, 0.1) is 0 Å². The second-order valence-corrected chi connectivity index (χ2v) is 5.46. The zero-order valence-electron chi connectivity index (χ0n) is 12.0. The molecule has 0 spiro atoms. The quantitative estimate of drug-likeness (QED) is 0.830. The molecule has 2 heterocycles. The van der Waals surface area contributed by atoms with Crippen LogP contribution in [-0.2, 0) is 16.6 Å².